The molecule has 0 aliphatic rings. The molecule has 0 radical (unpaired) electrons. The first-order valence-corrected chi connectivity index (χ1v) is 10.5. The van der Waals surface area contributed by atoms with Gasteiger partial charge in [-0.15, -0.1) is 21.5 Å². The number of non-ortho nitro benzene ring substituents is 1. The van der Waals surface area contributed by atoms with Crippen molar-refractivity contribution in [3.8, 4) is 22.0 Å². The maximum Gasteiger partial charge on any atom is 0.351 e. The summed E-state index contributed by atoms with van der Waals surface area (Å²) >= 11 is 2.83. The number of benzene rings is 1. The van der Waals surface area contributed by atoms with Gasteiger partial charge in [0.1, 0.15) is 9.88 Å². The Kier molecular flexibility index (Phi) is 5.38. The van der Waals surface area contributed by atoms with Crippen LogP contribution in [0.4, 0.5) is 5.69 Å². The number of nitrogens with zero attached hydrogens (tertiary/aromatic N) is 4. The summed E-state index contributed by atoms with van der Waals surface area (Å²) in [5.74, 6) is -0.220. The third kappa shape index (κ3) is 3.98. The number of carbonyl (C=O) groups excluding carboxylic acids is 1. The molecule has 11 heteroatoms. The number of carbonyl (C=O) groups is 1. The zero-order valence-corrected chi connectivity index (χ0v) is 17.4. The first-order valence-electron chi connectivity index (χ1n) is 8.71. The van der Waals surface area contributed by atoms with Crippen LogP contribution >= 0.6 is 22.7 Å². The molecule has 0 N–H and O–H groups in total. The van der Waals surface area contributed by atoms with E-state index < -0.39 is 17.0 Å². The molecule has 30 heavy (non-hydrogen) atoms. The van der Waals surface area contributed by atoms with Crippen molar-refractivity contribution in [2.45, 2.75) is 20.0 Å². The fourth-order valence-electron chi connectivity index (χ4n) is 2.60. The fraction of sp³-hybridized carbons (Fsp3) is 0.158. The maximum atomic E-state index is 12.6. The molecule has 152 valence electrons. The van der Waals surface area contributed by atoms with E-state index >= 15 is 0 Å². The highest BCUT2D eigenvalue weighted by molar-refractivity contribution is 7.17. The van der Waals surface area contributed by atoms with E-state index in [1.54, 1.807) is 25.2 Å². The lowest BCUT2D eigenvalue weighted by Crippen LogP contribution is -2.09. The number of hydrogen-bond donors (Lipinski definition) is 0. The Bertz CT molecular complexity index is 1200. The van der Waals surface area contributed by atoms with Crippen LogP contribution in [0.15, 0.2) is 45.5 Å². The number of nitro benzene ring substituents is 1. The van der Waals surface area contributed by atoms with Crippen LogP contribution < -0.4 is 0 Å². The smallest absolute Gasteiger partial charge is 0.351 e. The molecule has 0 saturated heterocycles. The molecule has 0 fully saturated rings. The van der Waals surface area contributed by atoms with Crippen LogP contribution in [0.5, 0.6) is 0 Å². The second-order valence-corrected chi connectivity index (χ2v) is 8.02. The quantitative estimate of drug-likeness (QED) is 0.231. The van der Waals surface area contributed by atoms with E-state index in [1.165, 1.54) is 35.6 Å². The molecular weight excluding hydrogens is 428 g/mol. The molecule has 1 atom stereocenters. The molecule has 3 aromatic heterocycles. The highest BCUT2D eigenvalue weighted by Crippen LogP contribution is 2.31. The lowest BCUT2D eigenvalue weighted by molar-refractivity contribution is -0.384. The zero-order chi connectivity index (χ0) is 21.3. The van der Waals surface area contributed by atoms with Crippen LogP contribution in [0.1, 0.15) is 34.3 Å². The zero-order valence-electron chi connectivity index (χ0n) is 15.8. The molecule has 0 aliphatic carbocycles. The minimum atomic E-state index is -0.775. The van der Waals surface area contributed by atoms with Crippen LogP contribution in [0.2, 0.25) is 0 Å². The Morgan fingerprint density at radius 1 is 1.20 bits per heavy atom. The topological polar surface area (TPSA) is 121 Å². The molecule has 0 bridgehead atoms. The van der Waals surface area contributed by atoms with Crippen LogP contribution in [0, 0.1) is 17.0 Å². The number of aryl methyl sites for hydroxylation is 1. The van der Waals surface area contributed by atoms with Gasteiger partial charge >= 0.3 is 5.97 Å². The number of esters is 1. The molecule has 4 aromatic rings. The molecule has 4 rings (SSSR count). The van der Waals surface area contributed by atoms with Crippen molar-refractivity contribution < 1.29 is 18.9 Å². The molecule has 0 saturated carbocycles. The van der Waals surface area contributed by atoms with Gasteiger partial charge in [-0.05, 0) is 37.4 Å². The minimum absolute atomic E-state index is 0.0393. The summed E-state index contributed by atoms with van der Waals surface area (Å²) in [6.45, 7) is 3.38. The van der Waals surface area contributed by atoms with E-state index in [2.05, 4.69) is 15.2 Å². The molecule has 1 unspecified atom stereocenters. The maximum absolute atomic E-state index is 12.6. The molecule has 0 amide bonds. The standard InChI is InChI=1S/C19H14N4O5S2/c1-10-15(30-18(20-10)13-7-8-29-9-13)19(24)27-11(2)16-21-22-17(28-16)12-3-5-14(6-4-12)23(25)26/h3-9,11H,1-2H3. The average molecular weight is 442 g/mol. The van der Waals surface area contributed by atoms with E-state index in [0.29, 0.717) is 16.1 Å². The summed E-state index contributed by atoms with van der Waals surface area (Å²) in [5, 5.41) is 23.3. The normalized spacial score (nSPS) is 11.9. The Morgan fingerprint density at radius 3 is 2.63 bits per heavy atom. The highest BCUT2D eigenvalue weighted by atomic mass is 32.1. The summed E-state index contributed by atoms with van der Waals surface area (Å²) in [5.41, 5.74) is 2.04. The van der Waals surface area contributed by atoms with Crippen LogP contribution in [0.3, 0.4) is 0 Å². The predicted molar refractivity (Wildman–Crippen MR) is 110 cm³/mol. The second kappa shape index (κ2) is 8.13. The molecular formula is C19H14N4O5S2. The molecule has 1 aromatic carbocycles. The van der Waals surface area contributed by atoms with Gasteiger partial charge in [0.2, 0.25) is 5.89 Å². The molecule has 3 heterocycles. The van der Waals surface area contributed by atoms with E-state index in [-0.39, 0.29) is 17.5 Å². The largest absolute Gasteiger partial charge is 0.448 e. The van der Waals surface area contributed by atoms with Crippen molar-refractivity contribution >= 4 is 34.3 Å². The van der Waals surface area contributed by atoms with Gasteiger partial charge in [-0.3, -0.25) is 10.1 Å². The first-order chi connectivity index (χ1) is 14.4. The highest BCUT2D eigenvalue weighted by Gasteiger charge is 2.24. The van der Waals surface area contributed by atoms with Crippen molar-refractivity contribution in [2.75, 3.05) is 0 Å². The molecule has 0 aliphatic heterocycles. The second-order valence-electron chi connectivity index (χ2n) is 6.24. The Morgan fingerprint density at radius 2 is 1.97 bits per heavy atom. The van der Waals surface area contributed by atoms with Crippen molar-refractivity contribution in [1.29, 1.82) is 0 Å². The number of rotatable bonds is 6. The van der Waals surface area contributed by atoms with Crippen molar-refractivity contribution in [3.63, 3.8) is 0 Å². The monoisotopic (exact) mass is 442 g/mol. The Balaban J connectivity index is 1.47. The van der Waals surface area contributed by atoms with E-state index in [1.807, 2.05) is 16.8 Å². The van der Waals surface area contributed by atoms with E-state index in [4.69, 9.17) is 9.15 Å². The number of ether oxygens (including phenoxy) is 1. The van der Waals surface area contributed by atoms with E-state index in [0.717, 1.165) is 10.6 Å². The van der Waals surface area contributed by atoms with Gasteiger partial charge in [0.25, 0.3) is 11.6 Å². The lowest BCUT2D eigenvalue weighted by atomic mass is 10.2. The summed E-state index contributed by atoms with van der Waals surface area (Å²) in [7, 11) is 0. The molecule has 0 spiro atoms. The van der Waals surface area contributed by atoms with Crippen molar-refractivity contribution in [3.05, 3.63) is 67.7 Å². The van der Waals surface area contributed by atoms with Gasteiger partial charge in [-0.25, -0.2) is 9.78 Å². The number of hydrogen-bond acceptors (Lipinski definition) is 10. The summed E-state index contributed by atoms with van der Waals surface area (Å²) < 4.78 is 11.1. The first kappa shape index (κ1) is 19.9. The third-order valence-electron chi connectivity index (χ3n) is 4.15. The van der Waals surface area contributed by atoms with Crippen molar-refractivity contribution in [1.82, 2.24) is 15.2 Å². The van der Waals surface area contributed by atoms with Crippen LogP contribution in [-0.4, -0.2) is 26.1 Å². The van der Waals surface area contributed by atoms with Crippen molar-refractivity contribution in [2.24, 2.45) is 0 Å². The summed E-state index contributed by atoms with van der Waals surface area (Å²) in [6.07, 6.45) is -0.775. The third-order valence-corrected chi connectivity index (χ3v) is 6.02. The number of thiophene rings is 1. The van der Waals surface area contributed by atoms with Crippen LogP contribution in [0.25, 0.3) is 22.0 Å². The number of thiazole rings is 1. The number of aromatic nitrogens is 3. The van der Waals surface area contributed by atoms with Gasteiger partial charge in [0.05, 0.1) is 10.6 Å². The summed E-state index contributed by atoms with van der Waals surface area (Å²) in [4.78, 5) is 27.7. The van der Waals surface area contributed by atoms with Gasteiger partial charge in [0.15, 0.2) is 6.10 Å². The lowest BCUT2D eigenvalue weighted by Gasteiger charge is -2.08. The summed E-state index contributed by atoms with van der Waals surface area (Å²) in [6, 6.07) is 7.66. The Labute approximate surface area is 178 Å². The van der Waals surface area contributed by atoms with Gasteiger partial charge in [-0.2, -0.15) is 11.3 Å². The van der Waals surface area contributed by atoms with Gasteiger partial charge < -0.3 is 9.15 Å². The average Bonchev–Trinajstić information content (AvgIpc) is 3.48. The Hall–Kier alpha value is -3.44. The predicted octanol–water partition coefficient (Wildman–Crippen LogP) is 5.06. The SMILES string of the molecule is Cc1nc(-c2ccsc2)sc1C(=O)OC(C)c1nnc(-c2ccc([N+](=O)[O-])cc2)o1. The van der Waals surface area contributed by atoms with Crippen LogP contribution in [-0.2, 0) is 4.74 Å². The molecule has 9 nitrogen and oxygen atoms in total. The van der Waals surface area contributed by atoms with E-state index in [9.17, 15) is 14.9 Å². The van der Waals surface area contributed by atoms with Gasteiger partial charge in [0, 0.05) is 28.6 Å². The fourth-order valence-corrected chi connectivity index (χ4v) is 4.26. The van der Waals surface area contributed by atoms with Gasteiger partial charge in [-0.1, -0.05) is 0 Å². The number of nitro groups is 1. The minimum Gasteiger partial charge on any atom is -0.448 e.